The number of nitrogens with zero attached hydrogens (tertiary/aromatic N) is 1. The molecule has 0 atom stereocenters. The van der Waals surface area contributed by atoms with Gasteiger partial charge in [-0.2, -0.15) is 0 Å². The Hall–Kier alpha value is -2.09. The van der Waals surface area contributed by atoms with Crippen molar-refractivity contribution < 1.29 is 14.3 Å². The molecule has 0 bridgehead atoms. The standard InChI is InChI=1S/C22H20BrNO3S2/c1-3-10-24-21(25)19(29-22(24)28)13-16-11-17(23)20(18(12-16)26-4-2)27-14-15-8-6-5-7-9-15/h3,5-9,11-13H,1,4,10,14H2,2H3/b19-13-. The van der Waals surface area contributed by atoms with Gasteiger partial charge in [-0.25, -0.2) is 0 Å². The van der Waals surface area contributed by atoms with E-state index in [0.29, 0.717) is 40.5 Å². The molecule has 0 unspecified atom stereocenters. The van der Waals surface area contributed by atoms with Crippen LogP contribution >= 0.6 is 39.9 Å². The molecule has 1 aliphatic rings. The normalized spacial score (nSPS) is 15.1. The lowest BCUT2D eigenvalue weighted by molar-refractivity contribution is -0.121. The zero-order valence-electron chi connectivity index (χ0n) is 15.9. The van der Waals surface area contributed by atoms with Gasteiger partial charge in [0.1, 0.15) is 10.9 Å². The maximum atomic E-state index is 12.6. The molecule has 1 heterocycles. The fraction of sp³-hybridized carbons (Fsp3) is 0.182. The highest BCUT2D eigenvalue weighted by molar-refractivity contribution is 9.10. The Morgan fingerprint density at radius 2 is 2.00 bits per heavy atom. The number of carbonyl (C=O) groups excluding carboxylic acids is 1. The lowest BCUT2D eigenvalue weighted by Gasteiger charge is -2.15. The van der Waals surface area contributed by atoms with Gasteiger partial charge in [-0.15, -0.1) is 6.58 Å². The summed E-state index contributed by atoms with van der Waals surface area (Å²) in [6.07, 6.45) is 3.48. The van der Waals surface area contributed by atoms with Gasteiger partial charge in [0, 0.05) is 6.54 Å². The summed E-state index contributed by atoms with van der Waals surface area (Å²) in [6.45, 7) is 6.93. The first-order chi connectivity index (χ1) is 14.0. The van der Waals surface area contributed by atoms with E-state index in [-0.39, 0.29) is 5.91 Å². The van der Waals surface area contributed by atoms with E-state index in [1.165, 1.54) is 16.7 Å². The van der Waals surface area contributed by atoms with Gasteiger partial charge in [0.2, 0.25) is 0 Å². The molecule has 0 aromatic heterocycles. The first kappa shape index (κ1) is 21.6. The van der Waals surface area contributed by atoms with E-state index in [4.69, 9.17) is 21.7 Å². The van der Waals surface area contributed by atoms with Crippen LogP contribution in [-0.2, 0) is 11.4 Å². The molecular weight excluding hydrogens is 470 g/mol. The second kappa shape index (κ2) is 10.1. The summed E-state index contributed by atoms with van der Waals surface area (Å²) in [4.78, 5) is 14.7. The number of carbonyl (C=O) groups is 1. The van der Waals surface area contributed by atoms with Gasteiger partial charge in [0.25, 0.3) is 5.91 Å². The molecule has 4 nitrogen and oxygen atoms in total. The first-order valence-electron chi connectivity index (χ1n) is 9.02. The summed E-state index contributed by atoms with van der Waals surface area (Å²) >= 11 is 10.2. The largest absolute Gasteiger partial charge is 0.490 e. The number of benzene rings is 2. The maximum absolute atomic E-state index is 12.6. The van der Waals surface area contributed by atoms with Crippen molar-refractivity contribution in [3.8, 4) is 11.5 Å². The molecular formula is C22H20BrNO3S2. The van der Waals surface area contributed by atoms with Gasteiger partial charge in [0.15, 0.2) is 11.5 Å². The predicted octanol–water partition coefficient (Wildman–Crippen LogP) is 5.81. The maximum Gasteiger partial charge on any atom is 0.266 e. The molecule has 2 aromatic rings. The Morgan fingerprint density at radius 3 is 2.69 bits per heavy atom. The zero-order chi connectivity index (χ0) is 20.8. The van der Waals surface area contributed by atoms with Crippen molar-refractivity contribution in [2.45, 2.75) is 13.5 Å². The average Bonchev–Trinajstić information content (AvgIpc) is 2.96. The molecule has 0 aliphatic carbocycles. The number of rotatable bonds is 8. The molecule has 1 amide bonds. The Labute approximate surface area is 188 Å². The van der Waals surface area contributed by atoms with Crippen LogP contribution in [0.2, 0.25) is 0 Å². The number of hydrogen-bond acceptors (Lipinski definition) is 5. The number of thiocarbonyl (C=S) groups is 1. The summed E-state index contributed by atoms with van der Waals surface area (Å²) in [5.74, 6) is 1.14. The molecule has 1 aliphatic heterocycles. The first-order valence-corrected chi connectivity index (χ1v) is 11.0. The SMILES string of the molecule is C=CCN1C(=O)/C(=C/c2cc(Br)c(OCc3ccccc3)c(OCC)c2)SC1=S. The predicted molar refractivity (Wildman–Crippen MR) is 126 cm³/mol. The minimum atomic E-state index is -0.113. The van der Waals surface area contributed by atoms with E-state index < -0.39 is 0 Å². The van der Waals surface area contributed by atoms with E-state index in [2.05, 4.69) is 22.5 Å². The van der Waals surface area contributed by atoms with Crippen LogP contribution in [0.4, 0.5) is 0 Å². The molecule has 1 saturated heterocycles. The summed E-state index contributed by atoms with van der Waals surface area (Å²) in [7, 11) is 0. The molecule has 7 heteroatoms. The van der Waals surface area contributed by atoms with E-state index in [1.54, 1.807) is 6.08 Å². The van der Waals surface area contributed by atoms with Crippen LogP contribution < -0.4 is 9.47 Å². The number of thioether (sulfide) groups is 1. The second-order valence-corrected chi connectivity index (χ2v) is 8.65. The summed E-state index contributed by atoms with van der Waals surface area (Å²) in [5, 5.41) is 0. The smallest absolute Gasteiger partial charge is 0.266 e. The van der Waals surface area contributed by atoms with Crippen LogP contribution in [-0.4, -0.2) is 28.3 Å². The molecule has 29 heavy (non-hydrogen) atoms. The van der Waals surface area contributed by atoms with Crippen LogP contribution in [0, 0.1) is 0 Å². The van der Waals surface area contributed by atoms with Gasteiger partial charge < -0.3 is 9.47 Å². The Kier molecular flexibility index (Phi) is 7.52. The quantitative estimate of drug-likeness (QED) is 0.265. The highest BCUT2D eigenvalue weighted by atomic mass is 79.9. The molecule has 1 fully saturated rings. The van der Waals surface area contributed by atoms with Crippen molar-refractivity contribution in [2.75, 3.05) is 13.2 Å². The van der Waals surface area contributed by atoms with Crippen LogP contribution in [0.25, 0.3) is 6.08 Å². The third-order valence-electron chi connectivity index (χ3n) is 4.04. The third kappa shape index (κ3) is 5.29. The van der Waals surface area contributed by atoms with Crippen LogP contribution in [0.15, 0.2) is 64.5 Å². The topological polar surface area (TPSA) is 38.8 Å². The van der Waals surface area contributed by atoms with Gasteiger partial charge in [-0.3, -0.25) is 9.69 Å². The van der Waals surface area contributed by atoms with Crippen LogP contribution in [0.3, 0.4) is 0 Å². The van der Waals surface area contributed by atoms with E-state index in [9.17, 15) is 4.79 Å². The highest BCUT2D eigenvalue weighted by Crippen LogP contribution is 2.39. The molecule has 0 spiro atoms. The lowest BCUT2D eigenvalue weighted by atomic mass is 10.1. The van der Waals surface area contributed by atoms with Crippen LogP contribution in [0.1, 0.15) is 18.1 Å². The minimum Gasteiger partial charge on any atom is -0.490 e. The van der Waals surface area contributed by atoms with E-state index >= 15 is 0 Å². The zero-order valence-corrected chi connectivity index (χ0v) is 19.1. The van der Waals surface area contributed by atoms with Crippen molar-refractivity contribution in [2.24, 2.45) is 0 Å². The summed E-state index contributed by atoms with van der Waals surface area (Å²) < 4.78 is 13.1. The van der Waals surface area contributed by atoms with Gasteiger partial charge in [-0.1, -0.05) is 60.4 Å². The Balaban J connectivity index is 1.87. The molecule has 150 valence electrons. The minimum absolute atomic E-state index is 0.113. The Bertz CT molecular complexity index is 960. The highest BCUT2D eigenvalue weighted by Gasteiger charge is 2.31. The molecule has 2 aromatic carbocycles. The van der Waals surface area contributed by atoms with Crippen LogP contribution in [0.5, 0.6) is 11.5 Å². The van der Waals surface area contributed by atoms with Crippen molar-refractivity contribution >= 4 is 56.2 Å². The van der Waals surface area contributed by atoms with Gasteiger partial charge in [0.05, 0.1) is 16.0 Å². The fourth-order valence-corrected chi connectivity index (χ4v) is 4.59. The second-order valence-electron chi connectivity index (χ2n) is 6.12. The number of ether oxygens (including phenoxy) is 2. The number of halogens is 1. The number of amides is 1. The third-order valence-corrected chi connectivity index (χ3v) is 6.01. The average molecular weight is 490 g/mol. The van der Waals surface area contributed by atoms with Crippen molar-refractivity contribution in [3.63, 3.8) is 0 Å². The molecule has 0 saturated carbocycles. The number of hydrogen-bond donors (Lipinski definition) is 0. The molecule has 0 N–H and O–H groups in total. The van der Waals surface area contributed by atoms with Gasteiger partial charge in [-0.05, 0) is 52.2 Å². The summed E-state index contributed by atoms with van der Waals surface area (Å²) in [6, 6.07) is 13.7. The van der Waals surface area contributed by atoms with Gasteiger partial charge >= 0.3 is 0 Å². The summed E-state index contributed by atoms with van der Waals surface area (Å²) in [5.41, 5.74) is 1.89. The molecule has 0 radical (unpaired) electrons. The van der Waals surface area contributed by atoms with Crippen molar-refractivity contribution in [1.82, 2.24) is 4.90 Å². The van der Waals surface area contributed by atoms with E-state index in [1.807, 2.05) is 55.5 Å². The molecule has 3 rings (SSSR count). The van der Waals surface area contributed by atoms with Crippen molar-refractivity contribution in [1.29, 1.82) is 0 Å². The van der Waals surface area contributed by atoms with E-state index in [0.717, 1.165) is 15.6 Å². The Morgan fingerprint density at radius 1 is 1.24 bits per heavy atom. The fourth-order valence-electron chi connectivity index (χ4n) is 2.74. The monoisotopic (exact) mass is 489 g/mol. The van der Waals surface area contributed by atoms with Crippen molar-refractivity contribution in [3.05, 3.63) is 75.6 Å². The lowest BCUT2D eigenvalue weighted by Crippen LogP contribution is -2.27.